The minimum absolute atomic E-state index is 0.0443. The van der Waals surface area contributed by atoms with Crippen LogP contribution >= 0.6 is 11.6 Å². The standard InChI is InChI=1S/C10H16ClN3O3S/c1-10(2,15)6-14(3)18(16,17)7-4-8(11)9(12)13-5-7/h4-5,15H,6H2,1-3H3,(H2,12,13). The van der Waals surface area contributed by atoms with E-state index < -0.39 is 15.6 Å². The zero-order chi connectivity index (χ0) is 14.1. The zero-order valence-electron chi connectivity index (χ0n) is 10.4. The van der Waals surface area contributed by atoms with Crippen molar-refractivity contribution in [2.45, 2.75) is 24.3 Å². The number of aliphatic hydroxyl groups is 1. The quantitative estimate of drug-likeness (QED) is 0.852. The first-order chi connectivity index (χ1) is 8.04. The van der Waals surface area contributed by atoms with E-state index in [9.17, 15) is 13.5 Å². The molecule has 0 aromatic carbocycles. The van der Waals surface area contributed by atoms with Gasteiger partial charge in [0.05, 0.1) is 10.6 Å². The van der Waals surface area contributed by atoms with Gasteiger partial charge < -0.3 is 10.8 Å². The minimum Gasteiger partial charge on any atom is -0.389 e. The highest BCUT2D eigenvalue weighted by Crippen LogP contribution is 2.22. The minimum atomic E-state index is -3.74. The predicted molar refractivity (Wildman–Crippen MR) is 69.8 cm³/mol. The summed E-state index contributed by atoms with van der Waals surface area (Å²) < 4.78 is 25.3. The summed E-state index contributed by atoms with van der Waals surface area (Å²) in [5, 5.41) is 9.71. The predicted octanol–water partition coefficient (Wildman–Crippen LogP) is 0.709. The topological polar surface area (TPSA) is 96.5 Å². The number of hydrogen-bond donors (Lipinski definition) is 2. The fraction of sp³-hybridized carbons (Fsp3) is 0.500. The van der Waals surface area contributed by atoms with Crippen LogP contribution < -0.4 is 5.73 Å². The molecular weight excluding hydrogens is 278 g/mol. The van der Waals surface area contributed by atoms with Gasteiger partial charge in [0.2, 0.25) is 10.0 Å². The number of aromatic nitrogens is 1. The lowest BCUT2D eigenvalue weighted by Gasteiger charge is -2.25. The molecule has 1 rings (SSSR count). The maximum absolute atomic E-state index is 12.1. The van der Waals surface area contributed by atoms with Gasteiger partial charge in [0.1, 0.15) is 10.7 Å². The average molecular weight is 294 g/mol. The first-order valence-electron chi connectivity index (χ1n) is 5.14. The molecule has 0 amide bonds. The maximum Gasteiger partial charge on any atom is 0.244 e. The van der Waals surface area contributed by atoms with Crippen molar-refractivity contribution in [3.63, 3.8) is 0 Å². The Bertz CT molecular complexity index is 540. The van der Waals surface area contributed by atoms with E-state index in [1.165, 1.54) is 27.0 Å². The van der Waals surface area contributed by atoms with Crippen LogP contribution in [-0.2, 0) is 10.0 Å². The number of likely N-dealkylation sites (N-methyl/N-ethyl adjacent to an activating group) is 1. The van der Waals surface area contributed by atoms with Crippen LogP contribution in [-0.4, -0.2) is 42.0 Å². The molecule has 3 N–H and O–H groups in total. The van der Waals surface area contributed by atoms with Gasteiger partial charge in [0.25, 0.3) is 0 Å². The molecule has 0 unspecified atom stereocenters. The van der Waals surface area contributed by atoms with Crippen molar-refractivity contribution in [2.75, 3.05) is 19.3 Å². The number of halogens is 1. The fourth-order valence-corrected chi connectivity index (χ4v) is 2.91. The van der Waals surface area contributed by atoms with E-state index in [4.69, 9.17) is 17.3 Å². The number of nitrogens with zero attached hydrogens (tertiary/aromatic N) is 2. The van der Waals surface area contributed by atoms with Crippen molar-refractivity contribution in [1.29, 1.82) is 0 Å². The van der Waals surface area contributed by atoms with Gasteiger partial charge in [-0.2, -0.15) is 4.31 Å². The van der Waals surface area contributed by atoms with Crippen LogP contribution in [0.2, 0.25) is 5.02 Å². The Morgan fingerprint density at radius 1 is 1.56 bits per heavy atom. The summed E-state index contributed by atoms with van der Waals surface area (Å²) in [7, 11) is -2.37. The van der Waals surface area contributed by atoms with Crippen LogP contribution in [0.5, 0.6) is 0 Å². The molecule has 6 nitrogen and oxygen atoms in total. The van der Waals surface area contributed by atoms with Crippen LogP contribution in [0.3, 0.4) is 0 Å². The number of nitrogen functional groups attached to an aromatic ring is 1. The van der Waals surface area contributed by atoms with Crippen LogP contribution in [0, 0.1) is 0 Å². The van der Waals surface area contributed by atoms with E-state index in [1.807, 2.05) is 0 Å². The number of sulfonamides is 1. The molecule has 0 saturated heterocycles. The second kappa shape index (κ2) is 5.00. The first kappa shape index (κ1) is 15.2. The Hall–Kier alpha value is -0.890. The van der Waals surface area contributed by atoms with Crippen molar-refractivity contribution >= 4 is 27.4 Å². The number of rotatable bonds is 4. The molecule has 0 radical (unpaired) electrons. The van der Waals surface area contributed by atoms with Crippen molar-refractivity contribution in [3.8, 4) is 0 Å². The molecule has 102 valence electrons. The van der Waals surface area contributed by atoms with Gasteiger partial charge in [-0.15, -0.1) is 0 Å². The van der Waals surface area contributed by atoms with Crippen molar-refractivity contribution < 1.29 is 13.5 Å². The van der Waals surface area contributed by atoms with Gasteiger partial charge in [-0.1, -0.05) is 11.6 Å². The summed E-state index contributed by atoms with van der Waals surface area (Å²) in [6.45, 7) is 3.00. The monoisotopic (exact) mass is 293 g/mol. The summed E-state index contributed by atoms with van der Waals surface area (Å²) in [5.74, 6) is 0.0701. The second-order valence-electron chi connectivity index (χ2n) is 4.61. The fourth-order valence-electron chi connectivity index (χ4n) is 1.38. The highest BCUT2D eigenvalue weighted by atomic mass is 35.5. The summed E-state index contributed by atoms with van der Waals surface area (Å²) in [6.07, 6.45) is 1.14. The average Bonchev–Trinajstić information content (AvgIpc) is 2.19. The third-order valence-electron chi connectivity index (χ3n) is 2.16. The number of nitrogens with two attached hydrogens (primary N) is 1. The highest BCUT2D eigenvalue weighted by Gasteiger charge is 2.27. The first-order valence-corrected chi connectivity index (χ1v) is 6.95. The lowest BCUT2D eigenvalue weighted by Crippen LogP contribution is -2.39. The van der Waals surface area contributed by atoms with Crippen molar-refractivity contribution in [3.05, 3.63) is 17.3 Å². The molecule has 0 saturated carbocycles. The molecule has 0 spiro atoms. The van der Waals surface area contributed by atoms with E-state index >= 15 is 0 Å². The summed E-state index contributed by atoms with van der Waals surface area (Å²) >= 11 is 5.74. The Kier molecular flexibility index (Phi) is 4.22. The third-order valence-corrected chi connectivity index (χ3v) is 4.23. The Morgan fingerprint density at radius 2 is 2.11 bits per heavy atom. The molecule has 1 aromatic rings. The van der Waals surface area contributed by atoms with Crippen LogP contribution in [0.4, 0.5) is 5.82 Å². The van der Waals surface area contributed by atoms with E-state index in [1.54, 1.807) is 0 Å². The number of pyridine rings is 1. The van der Waals surface area contributed by atoms with Gasteiger partial charge in [0.15, 0.2) is 0 Å². The Morgan fingerprint density at radius 3 is 2.56 bits per heavy atom. The van der Waals surface area contributed by atoms with E-state index in [0.717, 1.165) is 10.5 Å². The van der Waals surface area contributed by atoms with Crippen LogP contribution in [0.1, 0.15) is 13.8 Å². The number of anilines is 1. The Labute approximate surface area is 111 Å². The zero-order valence-corrected chi connectivity index (χ0v) is 12.0. The molecule has 8 heteroatoms. The Balaban J connectivity index is 3.10. The lowest BCUT2D eigenvalue weighted by atomic mass is 10.1. The normalized spacial score (nSPS) is 13.0. The molecule has 18 heavy (non-hydrogen) atoms. The largest absolute Gasteiger partial charge is 0.389 e. The SMILES string of the molecule is CN(CC(C)(C)O)S(=O)(=O)c1cnc(N)c(Cl)c1. The van der Waals surface area contributed by atoms with E-state index in [2.05, 4.69) is 4.98 Å². The third kappa shape index (κ3) is 3.55. The second-order valence-corrected chi connectivity index (χ2v) is 7.06. The molecule has 0 aliphatic heterocycles. The highest BCUT2D eigenvalue weighted by molar-refractivity contribution is 7.89. The molecular formula is C10H16ClN3O3S. The smallest absolute Gasteiger partial charge is 0.244 e. The summed E-state index contributed by atoms with van der Waals surface area (Å²) in [6, 6.07) is 1.24. The van der Waals surface area contributed by atoms with Crippen molar-refractivity contribution in [2.24, 2.45) is 0 Å². The molecule has 0 bridgehead atoms. The molecule has 0 aliphatic carbocycles. The van der Waals surface area contributed by atoms with Gasteiger partial charge in [-0.3, -0.25) is 0 Å². The van der Waals surface area contributed by atoms with E-state index in [-0.39, 0.29) is 22.3 Å². The maximum atomic E-state index is 12.1. The van der Waals surface area contributed by atoms with Crippen LogP contribution in [0.25, 0.3) is 0 Å². The van der Waals surface area contributed by atoms with E-state index in [0.29, 0.717) is 0 Å². The van der Waals surface area contributed by atoms with Crippen molar-refractivity contribution in [1.82, 2.24) is 9.29 Å². The number of hydrogen-bond acceptors (Lipinski definition) is 5. The molecule has 0 aliphatic rings. The van der Waals surface area contributed by atoms with Gasteiger partial charge in [0, 0.05) is 19.8 Å². The summed E-state index contributed by atoms with van der Waals surface area (Å²) in [4.78, 5) is 3.64. The van der Waals surface area contributed by atoms with Crippen LogP contribution in [0.15, 0.2) is 17.2 Å². The molecule has 1 aromatic heterocycles. The van der Waals surface area contributed by atoms with Gasteiger partial charge in [-0.25, -0.2) is 13.4 Å². The molecule has 1 heterocycles. The van der Waals surface area contributed by atoms with Gasteiger partial charge in [-0.05, 0) is 19.9 Å². The summed E-state index contributed by atoms with van der Waals surface area (Å²) in [5.41, 5.74) is 4.29. The molecule has 0 fully saturated rings. The van der Waals surface area contributed by atoms with Gasteiger partial charge >= 0.3 is 0 Å². The molecule has 0 atom stereocenters. The lowest BCUT2D eigenvalue weighted by molar-refractivity contribution is 0.0640.